The lowest BCUT2D eigenvalue weighted by Crippen LogP contribution is -2.35. The van der Waals surface area contributed by atoms with Crippen LogP contribution in [0.15, 0.2) is 23.1 Å². The Morgan fingerprint density at radius 2 is 2.22 bits per heavy atom. The predicted octanol–water partition coefficient (Wildman–Crippen LogP) is 2.32. The van der Waals surface area contributed by atoms with E-state index in [1.165, 1.54) is 0 Å². The van der Waals surface area contributed by atoms with Crippen LogP contribution in [0.25, 0.3) is 0 Å². The highest BCUT2D eigenvalue weighted by Crippen LogP contribution is 2.28. The Labute approximate surface area is 112 Å². The van der Waals surface area contributed by atoms with Gasteiger partial charge in [-0.3, -0.25) is 9.69 Å². The molecule has 1 N–H and O–H groups in total. The molecule has 0 aliphatic rings. The van der Waals surface area contributed by atoms with E-state index < -0.39 is 12.0 Å². The summed E-state index contributed by atoms with van der Waals surface area (Å²) in [6, 6.07) is 5.45. The van der Waals surface area contributed by atoms with Crippen LogP contribution in [0.4, 0.5) is 0 Å². The Morgan fingerprint density at radius 1 is 1.56 bits per heavy atom. The number of hydrogen-bond donors (Lipinski definition) is 1. The lowest BCUT2D eigenvalue weighted by Gasteiger charge is -2.21. The maximum absolute atomic E-state index is 10.9. The van der Waals surface area contributed by atoms with Crippen molar-refractivity contribution >= 4 is 17.7 Å². The van der Waals surface area contributed by atoms with Crippen molar-refractivity contribution in [3.63, 3.8) is 0 Å². The molecule has 0 fully saturated rings. The third-order valence-electron chi connectivity index (χ3n) is 2.90. The molecule has 0 saturated carbocycles. The maximum Gasteiger partial charge on any atom is 0.320 e. The third-order valence-corrected chi connectivity index (χ3v) is 3.68. The predicted molar refractivity (Wildman–Crippen MR) is 73.3 cm³/mol. The van der Waals surface area contributed by atoms with Gasteiger partial charge < -0.3 is 9.84 Å². The summed E-state index contributed by atoms with van der Waals surface area (Å²) >= 11 is 1.63. The second-order valence-electron chi connectivity index (χ2n) is 4.12. The molecule has 0 spiro atoms. The molecule has 0 aliphatic heterocycles. The van der Waals surface area contributed by atoms with E-state index in [1.54, 1.807) is 37.7 Å². The summed E-state index contributed by atoms with van der Waals surface area (Å²) in [5.74, 6) is 0.0153. The SMILES string of the molecule is COc1cc(CN(C)C(C)C(=O)O)ccc1SC. The minimum absolute atomic E-state index is 0.503. The largest absolute Gasteiger partial charge is 0.496 e. The number of methoxy groups -OCH3 is 1. The van der Waals surface area contributed by atoms with Crippen LogP contribution in [0.1, 0.15) is 12.5 Å². The lowest BCUT2D eigenvalue weighted by molar-refractivity contribution is -0.142. The van der Waals surface area contributed by atoms with Crippen LogP contribution < -0.4 is 4.74 Å². The molecule has 1 rings (SSSR count). The summed E-state index contributed by atoms with van der Waals surface area (Å²) in [7, 11) is 3.44. The van der Waals surface area contributed by atoms with Crippen LogP contribution in [-0.4, -0.2) is 42.4 Å². The smallest absolute Gasteiger partial charge is 0.320 e. The van der Waals surface area contributed by atoms with Crippen molar-refractivity contribution in [2.45, 2.75) is 24.4 Å². The van der Waals surface area contributed by atoms with Crippen molar-refractivity contribution in [3.05, 3.63) is 23.8 Å². The van der Waals surface area contributed by atoms with Gasteiger partial charge in [0.25, 0.3) is 0 Å². The summed E-state index contributed by atoms with van der Waals surface area (Å²) in [6.45, 7) is 2.26. The minimum Gasteiger partial charge on any atom is -0.496 e. The van der Waals surface area contributed by atoms with Crippen molar-refractivity contribution < 1.29 is 14.6 Å². The fourth-order valence-electron chi connectivity index (χ4n) is 1.59. The number of thioether (sulfide) groups is 1. The molecule has 0 bridgehead atoms. The molecule has 0 saturated heterocycles. The number of ether oxygens (including phenoxy) is 1. The van der Waals surface area contributed by atoms with Gasteiger partial charge in [-0.2, -0.15) is 0 Å². The van der Waals surface area contributed by atoms with Gasteiger partial charge in [0.1, 0.15) is 11.8 Å². The van der Waals surface area contributed by atoms with Crippen molar-refractivity contribution in [2.75, 3.05) is 20.4 Å². The van der Waals surface area contributed by atoms with E-state index in [4.69, 9.17) is 9.84 Å². The van der Waals surface area contributed by atoms with Crippen LogP contribution in [-0.2, 0) is 11.3 Å². The number of nitrogens with zero attached hydrogens (tertiary/aromatic N) is 1. The van der Waals surface area contributed by atoms with Gasteiger partial charge >= 0.3 is 5.97 Å². The van der Waals surface area contributed by atoms with Crippen molar-refractivity contribution in [1.82, 2.24) is 4.90 Å². The Balaban J connectivity index is 2.82. The average Bonchev–Trinajstić information content (AvgIpc) is 2.37. The molecular weight excluding hydrogens is 250 g/mol. The van der Waals surface area contributed by atoms with E-state index in [2.05, 4.69) is 0 Å². The Morgan fingerprint density at radius 3 is 2.72 bits per heavy atom. The standard InChI is InChI=1S/C13H19NO3S/c1-9(13(15)16)14(2)8-10-5-6-12(18-4)11(7-10)17-3/h5-7,9H,8H2,1-4H3,(H,15,16). The highest BCUT2D eigenvalue weighted by Gasteiger charge is 2.17. The van der Waals surface area contributed by atoms with E-state index in [1.807, 2.05) is 24.5 Å². The van der Waals surface area contributed by atoms with Gasteiger partial charge in [0, 0.05) is 11.4 Å². The number of aliphatic carboxylic acids is 1. The zero-order chi connectivity index (χ0) is 13.7. The Kier molecular flexibility index (Phi) is 5.50. The number of likely N-dealkylation sites (N-methyl/N-ethyl adjacent to an activating group) is 1. The minimum atomic E-state index is -0.815. The normalized spacial score (nSPS) is 12.5. The van der Waals surface area contributed by atoms with Crippen molar-refractivity contribution in [1.29, 1.82) is 0 Å². The zero-order valence-corrected chi connectivity index (χ0v) is 12.0. The second-order valence-corrected chi connectivity index (χ2v) is 4.97. The van der Waals surface area contributed by atoms with Crippen molar-refractivity contribution in [3.8, 4) is 5.75 Å². The number of carboxylic acid groups (broad SMARTS) is 1. The molecule has 18 heavy (non-hydrogen) atoms. The van der Waals surface area contributed by atoms with Crippen LogP contribution >= 0.6 is 11.8 Å². The quantitative estimate of drug-likeness (QED) is 0.803. The topological polar surface area (TPSA) is 49.8 Å². The van der Waals surface area contributed by atoms with Gasteiger partial charge in [-0.25, -0.2) is 0 Å². The van der Waals surface area contributed by atoms with E-state index >= 15 is 0 Å². The maximum atomic E-state index is 10.9. The number of benzene rings is 1. The molecule has 0 aliphatic carbocycles. The Hall–Kier alpha value is -1.20. The molecule has 0 heterocycles. The summed E-state index contributed by atoms with van der Waals surface area (Å²) in [5, 5.41) is 8.94. The van der Waals surface area contributed by atoms with E-state index in [-0.39, 0.29) is 0 Å². The van der Waals surface area contributed by atoms with Gasteiger partial charge in [0.15, 0.2) is 0 Å². The van der Waals surface area contributed by atoms with Gasteiger partial charge in [-0.15, -0.1) is 11.8 Å². The van der Waals surface area contributed by atoms with Gasteiger partial charge in [0.05, 0.1) is 7.11 Å². The number of hydrogen-bond acceptors (Lipinski definition) is 4. The highest BCUT2D eigenvalue weighted by atomic mass is 32.2. The second kappa shape index (κ2) is 6.66. The molecular formula is C13H19NO3S. The summed E-state index contributed by atoms with van der Waals surface area (Å²) in [4.78, 5) is 13.8. The third kappa shape index (κ3) is 3.65. The summed E-state index contributed by atoms with van der Waals surface area (Å²) in [6.07, 6.45) is 2.00. The van der Waals surface area contributed by atoms with Gasteiger partial charge in [-0.05, 0) is 37.9 Å². The van der Waals surface area contributed by atoms with Gasteiger partial charge in [-0.1, -0.05) is 6.07 Å². The fourth-order valence-corrected chi connectivity index (χ4v) is 2.14. The first-order chi connectivity index (χ1) is 8.49. The molecule has 0 aromatic heterocycles. The first-order valence-corrected chi connectivity index (χ1v) is 6.86. The fraction of sp³-hybridized carbons (Fsp3) is 0.462. The zero-order valence-electron chi connectivity index (χ0n) is 11.1. The molecule has 0 radical (unpaired) electrons. The molecule has 5 heteroatoms. The number of carboxylic acids is 1. The van der Waals surface area contributed by atoms with E-state index in [9.17, 15) is 4.79 Å². The van der Waals surface area contributed by atoms with E-state index in [0.717, 1.165) is 16.2 Å². The molecule has 0 amide bonds. The van der Waals surface area contributed by atoms with Crippen LogP contribution in [0, 0.1) is 0 Å². The molecule has 1 atom stereocenters. The highest BCUT2D eigenvalue weighted by molar-refractivity contribution is 7.98. The first-order valence-electron chi connectivity index (χ1n) is 5.63. The van der Waals surface area contributed by atoms with Crippen LogP contribution in [0.2, 0.25) is 0 Å². The average molecular weight is 269 g/mol. The molecule has 1 aromatic carbocycles. The Bertz CT molecular complexity index is 423. The molecule has 1 aromatic rings. The molecule has 1 unspecified atom stereocenters. The van der Waals surface area contributed by atoms with Crippen LogP contribution in [0.3, 0.4) is 0 Å². The van der Waals surface area contributed by atoms with Crippen molar-refractivity contribution in [2.24, 2.45) is 0 Å². The lowest BCUT2D eigenvalue weighted by atomic mass is 10.2. The molecule has 4 nitrogen and oxygen atoms in total. The summed E-state index contributed by atoms with van der Waals surface area (Å²) in [5.41, 5.74) is 1.04. The monoisotopic (exact) mass is 269 g/mol. The first kappa shape index (κ1) is 14.9. The number of carbonyl (C=O) groups is 1. The van der Waals surface area contributed by atoms with E-state index in [0.29, 0.717) is 6.54 Å². The number of rotatable bonds is 6. The van der Waals surface area contributed by atoms with Crippen LogP contribution in [0.5, 0.6) is 5.75 Å². The van der Waals surface area contributed by atoms with Gasteiger partial charge in [0.2, 0.25) is 0 Å². The summed E-state index contributed by atoms with van der Waals surface area (Å²) < 4.78 is 5.31. The molecule has 100 valence electrons.